The van der Waals surface area contributed by atoms with E-state index in [0.29, 0.717) is 11.4 Å². The van der Waals surface area contributed by atoms with Crippen LogP contribution in [0.5, 0.6) is 0 Å². The molecular formula is C16H12FN3O3. The Morgan fingerprint density at radius 2 is 2.30 bits per heavy atom. The van der Waals surface area contributed by atoms with Crippen LogP contribution < -0.4 is 0 Å². The minimum Gasteiger partial charge on any atom is -0.448 e. The van der Waals surface area contributed by atoms with Crippen molar-refractivity contribution in [3.63, 3.8) is 0 Å². The van der Waals surface area contributed by atoms with Crippen LogP contribution in [0.25, 0.3) is 5.69 Å². The summed E-state index contributed by atoms with van der Waals surface area (Å²) in [5.41, 5.74) is 1.22. The zero-order chi connectivity index (χ0) is 16.6. The Hall–Kier alpha value is -3.14. The summed E-state index contributed by atoms with van der Waals surface area (Å²) in [7, 11) is 1.57. The number of fused-ring (bicyclic) bond motifs is 3. The Kier molecular flexibility index (Phi) is 3.58. The number of hydrogen-bond acceptors (Lipinski definition) is 4. The second-order valence-corrected chi connectivity index (χ2v) is 5.01. The number of nitrogens with zero attached hydrogens (tertiary/aromatic N) is 3. The summed E-state index contributed by atoms with van der Waals surface area (Å²) in [4.78, 5) is 29.9. The molecule has 116 valence electrons. The minimum atomic E-state index is -0.664. The van der Waals surface area contributed by atoms with Crippen molar-refractivity contribution < 1.29 is 18.7 Å². The molecule has 0 unspecified atom stereocenters. The van der Waals surface area contributed by atoms with Crippen LogP contribution >= 0.6 is 0 Å². The summed E-state index contributed by atoms with van der Waals surface area (Å²) in [6.45, 7) is -0.0304. The molecule has 0 N–H and O–H groups in total. The number of benzene rings is 1. The monoisotopic (exact) mass is 313 g/mol. The number of esters is 1. The van der Waals surface area contributed by atoms with Gasteiger partial charge in [0.05, 0.1) is 23.5 Å². The summed E-state index contributed by atoms with van der Waals surface area (Å²) < 4.78 is 20.0. The van der Waals surface area contributed by atoms with Crippen LogP contribution in [0.2, 0.25) is 0 Å². The predicted molar refractivity (Wildman–Crippen MR) is 78.4 cm³/mol. The van der Waals surface area contributed by atoms with Crippen LogP contribution in [0.4, 0.5) is 4.39 Å². The number of amides is 1. The van der Waals surface area contributed by atoms with E-state index in [1.54, 1.807) is 11.6 Å². The van der Waals surface area contributed by atoms with Crippen molar-refractivity contribution in [3.05, 3.63) is 47.3 Å². The Balaban J connectivity index is 2.14. The maximum Gasteiger partial charge on any atom is 0.359 e. The molecule has 2 heterocycles. The molecule has 1 amide bonds. The Bertz CT molecular complexity index is 851. The fourth-order valence-corrected chi connectivity index (χ4v) is 2.47. The number of ether oxygens (including phenoxy) is 1. The lowest BCUT2D eigenvalue weighted by atomic mass is 10.1. The van der Waals surface area contributed by atoms with E-state index in [0.717, 1.165) is 0 Å². The van der Waals surface area contributed by atoms with Crippen LogP contribution in [-0.4, -0.2) is 40.0 Å². The lowest BCUT2D eigenvalue weighted by Crippen LogP contribution is -2.26. The smallest absolute Gasteiger partial charge is 0.359 e. The summed E-state index contributed by atoms with van der Waals surface area (Å²) >= 11 is 0. The molecule has 0 bridgehead atoms. The number of aromatic nitrogens is 2. The van der Waals surface area contributed by atoms with E-state index in [9.17, 15) is 14.0 Å². The highest BCUT2D eigenvalue weighted by Crippen LogP contribution is 2.26. The van der Waals surface area contributed by atoms with Crippen molar-refractivity contribution >= 4 is 11.9 Å². The maximum atomic E-state index is 13.5. The molecule has 1 aromatic heterocycles. The van der Waals surface area contributed by atoms with E-state index in [2.05, 4.69) is 10.9 Å². The molecule has 0 spiro atoms. The highest BCUT2D eigenvalue weighted by molar-refractivity contribution is 5.99. The first-order chi connectivity index (χ1) is 11.0. The van der Waals surface area contributed by atoms with Gasteiger partial charge in [0.25, 0.3) is 5.91 Å². The predicted octanol–water partition coefficient (Wildman–Crippen LogP) is 1.39. The average molecular weight is 313 g/mol. The van der Waals surface area contributed by atoms with Crippen LogP contribution in [-0.2, 0) is 11.3 Å². The van der Waals surface area contributed by atoms with Crippen molar-refractivity contribution in [1.29, 1.82) is 0 Å². The Morgan fingerprint density at radius 1 is 1.52 bits per heavy atom. The lowest BCUT2D eigenvalue weighted by molar-refractivity contribution is 0.0546. The van der Waals surface area contributed by atoms with Crippen LogP contribution in [0.1, 0.15) is 26.5 Å². The van der Waals surface area contributed by atoms with Gasteiger partial charge in [-0.05, 0) is 18.2 Å². The van der Waals surface area contributed by atoms with Crippen molar-refractivity contribution in [2.24, 2.45) is 0 Å². The first kappa shape index (κ1) is 14.8. The normalized spacial score (nSPS) is 12.9. The maximum absolute atomic E-state index is 13.5. The van der Waals surface area contributed by atoms with E-state index >= 15 is 0 Å². The van der Waals surface area contributed by atoms with Gasteiger partial charge in [-0.25, -0.2) is 14.2 Å². The molecular weight excluding hydrogens is 301 g/mol. The lowest BCUT2D eigenvalue weighted by Gasteiger charge is -2.14. The van der Waals surface area contributed by atoms with Gasteiger partial charge in [0.2, 0.25) is 0 Å². The summed E-state index contributed by atoms with van der Waals surface area (Å²) in [6.07, 6.45) is 6.48. The SMILES string of the molecule is C#CCOC(=O)c1ncn2c1CN(C)C(=O)c1cc(F)ccc1-2. The van der Waals surface area contributed by atoms with E-state index in [1.165, 1.54) is 29.4 Å². The second-order valence-electron chi connectivity index (χ2n) is 5.01. The number of halogens is 1. The van der Waals surface area contributed by atoms with Gasteiger partial charge in [-0.3, -0.25) is 9.36 Å². The van der Waals surface area contributed by atoms with Gasteiger partial charge in [-0.1, -0.05) is 5.92 Å². The van der Waals surface area contributed by atoms with Crippen LogP contribution in [0.15, 0.2) is 24.5 Å². The molecule has 0 fully saturated rings. The van der Waals surface area contributed by atoms with E-state index in [-0.39, 0.29) is 30.3 Å². The first-order valence-corrected chi connectivity index (χ1v) is 6.75. The van der Waals surface area contributed by atoms with Crippen LogP contribution in [0.3, 0.4) is 0 Å². The quantitative estimate of drug-likeness (QED) is 0.621. The molecule has 0 radical (unpaired) electrons. The Morgan fingerprint density at radius 3 is 3.04 bits per heavy atom. The molecule has 23 heavy (non-hydrogen) atoms. The van der Waals surface area contributed by atoms with Crippen molar-refractivity contribution in [2.75, 3.05) is 13.7 Å². The molecule has 1 aliphatic rings. The zero-order valence-electron chi connectivity index (χ0n) is 12.2. The average Bonchev–Trinajstić information content (AvgIpc) is 2.91. The van der Waals surface area contributed by atoms with Crippen molar-refractivity contribution in [3.8, 4) is 18.0 Å². The highest BCUT2D eigenvalue weighted by Gasteiger charge is 2.29. The summed E-state index contributed by atoms with van der Waals surface area (Å²) in [6, 6.07) is 3.89. The van der Waals surface area contributed by atoms with Gasteiger partial charge >= 0.3 is 5.97 Å². The number of hydrogen-bond donors (Lipinski definition) is 0. The molecule has 1 aliphatic heterocycles. The number of terminal acetylenes is 1. The molecule has 0 aliphatic carbocycles. The van der Waals surface area contributed by atoms with E-state index < -0.39 is 11.8 Å². The molecule has 0 saturated carbocycles. The fraction of sp³-hybridized carbons (Fsp3) is 0.188. The molecule has 3 rings (SSSR count). The molecule has 7 heteroatoms. The number of carbonyl (C=O) groups is 2. The fourth-order valence-electron chi connectivity index (χ4n) is 2.47. The van der Waals surface area contributed by atoms with Crippen molar-refractivity contribution in [2.45, 2.75) is 6.54 Å². The number of carbonyl (C=O) groups excluding carboxylic acids is 2. The van der Waals surface area contributed by atoms with Gasteiger partial charge < -0.3 is 9.64 Å². The van der Waals surface area contributed by atoms with Gasteiger partial charge in [0.1, 0.15) is 12.1 Å². The first-order valence-electron chi connectivity index (χ1n) is 6.75. The van der Waals surface area contributed by atoms with Gasteiger partial charge in [0, 0.05) is 7.05 Å². The third kappa shape index (κ3) is 2.44. The number of imidazole rings is 1. The molecule has 0 atom stereocenters. The highest BCUT2D eigenvalue weighted by atomic mass is 19.1. The topological polar surface area (TPSA) is 64.4 Å². The van der Waals surface area contributed by atoms with E-state index in [1.807, 2.05) is 0 Å². The largest absolute Gasteiger partial charge is 0.448 e. The summed E-state index contributed by atoms with van der Waals surface area (Å²) in [5, 5.41) is 0. The molecule has 1 aromatic carbocycles. The van der Waals surface area contributed by atoms with Gasteiger partial charge in [-0.2, -0.15) is 0 Å². The molecule has 2 aromatic rings. The van der Waals surface area contributed by atoms with Gasteiger partial charge in [-0.15, -0.1) is 6.42 Å². The van der Waals surface area contributed by atoms with Crippen molar-refractivity contribution in [1.82, 2.24) is 14.5 Å². The molecule has 6 nitrogen and oxygen atoms in total. The van der Waals surface area contributed by atoms with Crippen LogP contribution in [0, 0.1) is 18.2 Å². The van der Waals surface area contributed by atoms with E-state index in [4.69, 9.17) is 11.2 Å². The summed E-state index contributed by atoms with van der Waals surface area (Å²) in [5.74, 6) is 0.690. The zero-order valence-corrected chi connectivity index (χ0v) is 12.2. The third-order valence-electron chi connectivity index (χ3n) is 3.53. The number of rotatable bonds is 2. The standard InChI is InChI=1S/C16H12FN3O3/c1-3-6-23-16(22)14-13-8-19(2)15(21)11-7-10(17)4-5-12(11)20(13)9-18-14/h1,4-5,7,9H,6,8H2,2H3. The third-order valence-corrected chi connectivity index (χ3v) is 3.53. The minimum absolute atomic E-state index is 0.0806. The Labute approximate surface area is 131 Å². The second kappa shape index (κ2) is 5.57. The molecule has 0 saturated heterocycles. The van der Waals surface area contributed by atoms with Gasteiger partial charge in [0.15, 0.2) is 12.3 Å².